The van der Waals surface area contributed by atoms with Gasteiger partial charge in [0.2, 0.25) is 0 Å². The van der Waals surface area contributed by atoms with Crippen molar-refractivity contribution in [3.05, 3.63) is 89.0 Å². The molecule has 0 atom stereocenters. The Hall–Kier alpha value is -2.54. The molecule has 1 nitrogen and oxygen atoms in total. The zero-order chi connectivity index (χ0) is 20.2. The van der Waals surface area contributed by atoms with Crippen LogP contribution in [0.4, 0.5) is 0 Å². The molecule has 1 aliphatic carbocycles. The molecule has 5 rings (SSSR count). The van der Waals surface area contributed by atoms with Crippen molar-refractivity contribution in [3.8, 4) is 22.4 Å². The molecule has 30 heavy (non-hydrogen) atoms. The smallest absolute Gasteiger partial charge is 0.0607 e. The first kappa shape index (κ1) is 20.7. The van der Waals surface area contributed by atoms with E-state index >= 15 is 0 Å². The van der Waals surface area contributed by atoms with E-state index in [-0.39, 0.29) is 25.5 Å². The fourth-order valence-electron chi connectivity index (χ4n) is 4.10. The first-order chi connectivity index (χ1) is 13.9. The topological polar surface area (TPSA) is 12.9 Å². The Morgan fingerprint density at radius 1 is 0.833 bits per heavy atom. The van der Waals surface area contributed by atoms with Crippen LogP contribution in [0.2, 0.25) is 0 Å². The first-order valence-electron chi connectivity index (χ1n) is 10.2. The predicted octanol–water partition coefficient (Wildman–Crippen LogP) is 7.46. The summed E-state index contributed by atoms with van der Waals surface area (Å²) >= 11 is 0. The number of aryl methyl sites for hydroxylation is 1. The third kappa shape index (κ3) is 3.55. The minimum absolute atomic E-state index is 0. The van der Waals surface area contributed by atoms with Gasteiger partial charge >= 0.3 is 0 Å². The van der Waals surface area contributed by atoms with Gasteiger partial charge in [0.1, 0.15) is 0 Å². The minimum Gasteiger partial charge on any atom is -0.296 e. The largest absolute Gasteiger partial charge is 0.296 e. The van der Waals surface area contributed by atoms with E-state index in [4.69, 9.17) is 4.98 Å². The quantitative estimate of drug-likeness (QED) is 0.202. The van der Waals surface area contributed by atoms with E-state index in [0.29, 0.717) is 0 Å². The van der Waals surface area contributed by atoms with Gasteiger partial charge in [-0.25, -0.2) is 0 Å². The van der Waals surface area contributed by atoms with E-state index in [1.807, 2.05) is 6.07 Å². The number of aromatic nitrogens is 1. The summed E-state index contributed by atoms with van der Waals surface area (Å²) in [6, 6.07) is 25.1. The van der Waals surface area contributed by atoms with Crippen LogP contribution in [0.1, 0.15) is 43.0 Å². The molecule has 2 heteroatoms. The number of benzene rings is 3. The van der Waals surface area contributed by atoms with Crippen LogP contribution < -0.4 is 0 Å². The van der Waals surface area contributed by atoms with Crippen LogP contribution in [0.3, 0.4) is 0 Å². The molecule has 0 aliphatic heterocycles. The molecule has 0 fully saturated rings. The van der Waals surface area contributed by atoms with Crippen molar-refractivity contribution in [2.75, 3.05) is 0 Å². The molecule has 4 aromatic rings. The van der Waals surface area contributed by atoms with Crippen LogP contribution >= 0.6 is 0 Å². The third-order valence-electron chi connectivity index (χ3n) is 5.85. The van der Waals surface area contributed by atoms with E-state index in [9.17, 15) is 0 Å². The zero-order valence-electron chi connectivity index (χ0n) is 17.7. The van der Waals surface area contributed by atoms with E-state index in [2.05, 4.69) is 101 Å². The van der Waals surface area contributed by atoms with Crippen LogP contribution in [-0.2, 0) is 25.5 Å². The van der Waals surface area contributed by atoms with Gasteiger partial charge in [0.05, 0.1) is 5.52 Å². The second-order valence-electron chi connectivity index (χ2n) is 8.94. The number of rotatable bonds is 2. The van der Waals surface area contributed by atoms with Crippen molar-refractivity contribution < 1.29 is 20.1 Å². The number of hydrogen-bond donors (Lipinski definition) is 0. The molecule has 1 heterocycles. The number of hydrogen-bond acceptors (Lipinski definition) is 1. The van der Waals surface area contributed by atoms with Crippen LogP contribution in [0.5, 0.6) is 0 Å². The van der Waals surface area contributed by atoms with Gasteiger partial charge in [0.25, 0.3) is 0 Å². The first-order valence-corrected chi connectivity index (χ1v) is 10.2. The minimum atomic E-state index is 0. The summed E-state index contributed by atoms with van der Waals surface area (Å²) in [5, 5.41) is 1.27. The number of nitrogens with zero attached hydrogens (tertiary/aromatic N) is 1. The molecular formula is C28H24IrN-. The maximum absolute atomic E-state index is 4.96. The van der Waals surface area contributed by atoms with Gasteiger partial charge in [-0.1, -0.05) is 69.3 Å². The molecular weight excluding hydrogens is 543 g/mol. The summed E-state index contributed by atoms with van der Waals surface area (Å²) in [7, 11) is 0. The van der Waals surface area contributed by atoms with Crippen LogP contribution in [-0.4, -0.2) is 4.98 Å². The Morgan fingerprint density at radius 3 is 2.33 bits per heavy atom. The molecule has 1 aromatic heterocycles. The summed E-state index contributed by atoms with van der Waals surface area (Å²) in [6.45, 7) is 8.89. The molecule has 0 saturated carbocycles. The Morgan fingerprint density at radius 2 is 1.60 bits per heavy atom. The van der Waals surface area contributed by atoms with Crippen LogP contribution in [0.15, 0.2) is 60.7 Å². The average Bonchev–Trinajstić information content (AvgIpc) is 3.16. The van der Waals surface area contributed by atoms with Gasteiger partial charge in [-0.2, -0.15) is 0 Å². The van der Waals surface area contributed by atoms with Crippen molar-refractivity contribution >= 4 is 23.1 Å². The van der Waals surface area contributed by atoms with Gasteiger partial charge in [0, 0.05) is 25.5 Å². The van der Waals surface area contributed by atoms with Gasteiger partial charge in [-0.3, -0.25) is 4.98 Å². The molecule has 3 aromatic carbocycles. The monoisotopic (exact) mass is 567 g/mol. The Labute approximate surface area is 192 Å². The molecule has 0 N–H and O–H groups in total. The molecule has 0 amide bonds. The van der Waals surface area contributed by atoms with Crippen molar-refractivity contribution in [2.45, 2.75) is 33.1 Å². The van der Waals surface area contributed by atoms with Crippen molar-refractivity contribution in [1.29, 1.82) is 0 Å². The van der Waals surface area contributed by atoms with Gasteiger partial charge < -0.3 is 0 Å². The SMILES string of the molecule is Cc1ccc2nc(-c3[c-]ccc(-c4ccc(C(C)(C)C)cc4)c3)cc3c2c1C=C3.[Ir]. The van der Waals surface area contributed by atoms with E-state index in [1.165, 1.54) is 38.8 Å². The Balaban J connectivity index is 0.00000218. The Bertz CT molecular complexity index is 1270. The summed E-state index contributed by atoms with van der Waals surface area (Å²) in [4.78, 5) is 4.96. The van der Waals surface area contributed by atoms with Crippen LogP contribution in [0.25, 0.3) is 45.4 Å². The van der Waals surface area contributed by atoms with E-state index in [1.54, 1.807) is 0 Å². The molecule has 0 bridgehead atoms. The number of pyridine rings is 1. The molecule has 0 unspecified atom stereocenters. The normalized spacial score (nSPS) is 12.3. The Kier molecular flexibility index (Phi) is 5.26. The predicted molar refractivity (Wildman–Crippen MR) is 124 cm³/mol. The standard InChI is InChI=1S/C28H24N.Ir/c1-18-8-15-25-27-22(11-14-24(18)27)17-26(29-25)21-7-5-6-20(16-21)19-9-12-23(13-10-19)28(2,3)4;/h5-6,8-17H,1-4H3;/q-1;. The summed E-state index contributed by atoms with van der Waals surface area (Å²) in [5.41, 5.74) is 10.8. The van der Waals surface area contributed by atoms with Crippen molar-refractivity contribution in [1.82, 2.24) is 4.98 Å². The van der Waals surface area contributed by atoms with Crippen molar-refractivity contribution in [2.24, 2.45) is 0 Å². The summed E-state index contributed by atoms with van der Waals surface area (Å²) in [5.74, 6) is 0. The molecule has 151 valence electrons. The molecule has 1 aliphatic rings. The zero-order valence-corrected chi connectivity index (χ0v) is 20.1. The van der Waals surface area contributed by atoms with Gasteiger partial charge in [0.15, 0.2) is 0 Å². The molecule has 0 spiro atoms. The third-order valence-corrected chi connectivity index (χ3v) is 5.85. The second-order valence-corrected chi connectivity index (χ2v) is 8.94. The second kappa shape index (κ2) is 7.61. The van der Waals surface area contributed by atoms with Crippen molar-refractivity contribution in [3.63, 3.8) is 0 Å². The van der Waals surface area contributed by atoms with Crippen LogP contribution in [0, 0.1) is 13.0 Å². The van der Waals surface area contributed by atoms with Gasteiger partial charge in [-0.15, -0.1) is 35.4 Å². The van der Waals surface area contributed by atoms with E-state index in [0.717, 1.165) is 16.8 Å². The fraction of sp³-hybridized carbons (Fsp3) is 0.179. The maximum Gasteiger partial charge on any atom is 0.0607 e. The summed E-state index contributed by atoms with van der Waals surface area (Å²) in [6.07, 6.45) is 4.40. The maximum atomic E-state index is 4.96. The van der Waals surface area contributed by atoms with Gasteiger partial charge in [-0.05, 0) is 51.9 Å². The van der Waals surface area contributed by atoms with E-state index < -0.39 is 0 Å². The average molecular weight is 567 g/mol. The molecule has 1 radical (unpaired) electrons. The summed E-state index contributed by atoms with van der Waals surface area (Å²) < 4.78 is 0. The molecule has 0 saturated heterocycles. The fourth-order valence-corrected chi connectivity index (χ4v) is 4.10.